The minimum Gasteiger partial charge on any atom is -0.314 e. The van der Waals surface area contributed by atoms with Crippen molar-refractivity contribution in [3.8, 4) is 0 Å². The van der Waals surface area contributed by atoms with Gasteiger partial charge in [0.2, 0.25) is 0 Å². The third kappa shape index (κ3) is 3.34. The molecule has 0 bridgehead atoms. The predicted molar refractivity (Wildman–Crippen MR) is 69.8 cm³/mol. The average molecular weight is 217 g/mol. The van der Waals surface area contributed by atoms with Gasteiger partial charge in [-0.05, 0) is 43.9 Å². The first-order valence-corrected chi connectivity index (χ1v) is 6.64. The number of rotatable bonds is 4. The van der Waals surface area contributed by atoms with Crippen LogP contribution in [-0.4, -0.2) is 12.6 Å². The molecule has 1 aromatic carbocycles. The van der Waals surface area contributed by atoms with Gasteiger partial charge in [0.05, 0.1) is 0 Å². The largest absolute Gasteiger partial charge is 0.314 e. The fourth-order valence-electron chi connectivity index (χ4n) is 2.61. The Morgan fingerprint density at radius 3 is 2.62 bits per heavy atom. The molecule has 1 aliphatic carbocycles. The Morgan fingerprint density at radius 2 is 1.88 bits per heavy atom. The molecule has 1 fully saturated rings. The van der Waals surface area contributed by atoms with Gasteiger partial charge in [0.25, 0.3) is 0 Å². The molecule has 0 radical (unpaired) electrons. The van der Waals surface area contributed by atoms with Gasteiger partial charge in [0.15, 0.2) is 0 Å². The van der Waals surface area contributed by atoms with Crippen LogP contribution in [0.5, 0.6) is 0 Å². The van der Waals surface area contributed by atoms with Crippen LogP contribution >= 0.6 is 0 Å². The molecule has 0 heterocycles. The van der Waals surface area contributed by atoms with Crippen molar-refractivity contribution in [2.45, 2.75) is 51.5 Å². The van der Waals surface area contributed by atoms with E-state index in [4.69, 9.17) is 0 Å². The van der Waals surface area contributed by atoms with Gasteiger partial charge < -0.3 is 5.32 Å². The van der Waals surface area contributed by atoms with E-state index in [0.717, 1.165) is 12.6 Å². The van der Waals surface area contributed by atoms with Gasteiger partial charge >= 0.3 is 0 Å². The van der Waals surface area contributed by atoms with Gasteiger partial charge in [-0.3, -0.25) is 0 Å². The van der Waals surface area contributed by atoms with Crippen molar-refractivity contribution >= 4 is 0 Å². The lowest BCUT2D eigenvalue weighted by Gasteiger charge is -2.22. The summed E-state index contributed by atoms with van der Waals surface area (Å²) in [5.74, 6) is 0. The number of benzene rings is 1. The van der Waals surface area contributed by atoms with Crippen LogP contribution in [-0.2, 0) is 6.42 Å². The maximum absolute atomic E-state index is 3.70. The van der Waals surface area contributed by atoms with Crippen LogP contribution in [0.3, 0.4) is 0 Å². The van der Waals surface area contributed by atoms with Gasteiger partial charge in [0, 0.05) is 6.04 Å². The molecule has 0 spiro atoms. The summed E-state index contributed by atoms with van der Waals surface area (Å²) in [4.78, 5) is 0. The molecule has 0 aliphatic heterocycles. The zero-order chi connectivity index (χ0) is 11.2. The Labute approximate surface area is 99.3 Å². The first-order valence-electron chi connectivity index (χ1n) is 6.64. The highest BCUT2D eigenvalue weighted by Gasteiger charge is 2.11. The molecule has 2 rings (SSSR count). The molecule has 0 amide bonds. The van der Waals surface area contributed by atoms with Crippen LogP contribution in [0, 0.1) is 6.92 Å². The van der Waals surface area contributed by atoms with Crippen LogP contribution in [0.2, 0.25) is 0 Å². The number of nitrogens with one attached hydrogen (secondary N) is 1. The maximum Gasteiger partial charge on any atom is 0.00671 e. The van der Waals surface area contributed by atoms with Gasteiger partial charge in [-0.1, -0.05) is 43.5 Å². The van der Waals surface area contributed by atoms with Crippen molar-refractivity contribution in [1.29, 1.82) is 0 Å². The zero-order valence-electron chi connectivity index (χ0n) is 10.3. The topological polar surface area (TPSA) is 12.0 Å². The second-order valence-electron chi connectivity index (χ2n) is 4.97. The summed E-state index contributed by atoms with van der Waals surface area (Å²) in [7, 11) is 0. The standard InChI is InChI=1S/C15H23N/c1-13-7-5-6-8-14(13)11-12-16-15-9-3-2-4-10-15/h5-8,15-16H,2-4,9-12H2,1H3. The molecule has 16 heavy (non-hydrogen) atoms. The highest BCUT2D eigenvalue weighted by atomic mass is 14.9. The summed E-state index contributed by atoms with van der Waals surface area (Å²) in [5, 5.41) is 3.70. The van der Waals surface area contributed by atoms with E-state index in [1.54, 1.807) is 0 Å². The molecule has 1 aromatic rings. The van der Waals surface area contributed by atoms with Crippen LogP contribution in [0.25, 0.3) is 0 Å². The summed E-state index contributed by atoms with van der Waals surface area (Å²) >= 11 is 0. The van der Waals surface area contributed by atoms with Crippen LogP contribution in [0.15, 0.2) is 24.3 Å². The van der Waals surface area contributed by atoms with Crippen LogP contribution in [0.4, 0.5) is 0 Å². The van der Waals surface area contributed by atoms with E-state index in [2.05, 4.69) is 36.5 Å². The highest BCUT2D eigenvalue weighted by molar-refractivity contribution is 5.25. The smallest absolute Gasteiger partial charge is 0.00671 e. The second kappa shape index (κ2) is 6.05. The predicted octanol–water partition coefficient (Wildman–Crippen LogP) is 3.46. The molecule has 0 aromatic heterocycles. The van der Waals surface area contributed by atoms with E-state index in [0.29, 0.717) is 0 Å². The first-order chi connectivity index (χ1) is 7.86. The normalized spacial score (nSPS) is 17.6. The number of hydrogen-bond acceptors (Lipinski definition) is 1. The van der Waals surface area contributed by atoms with E-state index >= 15 is 0 Å². The van der Waals surface area contributed by atoms with E-state index in [9.17, 15) is 0 Å². The van der Waals surface area contributed by atoms with Gasteiger partial charge in [-0.15, -0.1) is 0 Å². The maximum atomic E-state index is 3.70. The molecule has 0 unspecified atom stereocenters. The molecular formula is C15H23N. The molecule has 1 saturated carbocycles. The minimum atomic E-state index is 0.790. The van der Waals surface area contributed by atoms with Crippen LogP contribution in [0.1, 0.15) is 43.2 Å². The third-order valence-corrected chi connectivity index (χ3v) is 3.69. The second-order valence-corrected chi connectivity index (χ2v) is 4.97. The molecule has 0 saturated heterocycles. The van der Waals surface area contributed by atoms with E-state index in [-0.39, 0.29) is 0 Å². The van der Waals surface area contributed by atoms with Crippen LogP contribution < -0.4 is 5.32 Å². The lowest BCUT2D eigenvalue weighted by Crippen LogP contribution is -2.32. The number of aryl methyl sites for hydroxylation is 1. The lowest BCUT2D eigenvalue weighted by atomic mass is 9.95. The van der Waals surface area contributed by atoms with Gasteiger partial charge in [-0.25, -0.2) is 0 Å². The van der Waals surface area contributed by atoms with Gasteiger partial charge in [-0.2, -0.15) is 0 Å². The molecular weight excluding hydrogens is 194 g/mol. The zero-order valence-corrected chi connectivity index (χ0v) is 10.3. The summed E-state index contributed by atoms with van der Waals surface area (Å²) in [6.45, 7) is 3.34. The Bertz CT molecular complexity index is 313. The van der Waals surface area contributed by atoms with Crippen molar-refractivity contribution in [3.63, 3.8) is 0 Å². The summed E-state index contributed by atoms with van der Waals surface area (Å²) in [5.41, 5.74) is 2.92. The molecule has 1 heteroatoms. The van der Waals surface area contributed by atoms with Crippen molar-refractivity contribution < 1.29 is 0 Å². The summed E-state index contributed by atoms with van der Waals surface area (Å²) < 4.78 is 0. The highest BCUT2D eigenvalue weighted by Crippen LogP contribution is 2.17. The fourth-order valence-corrected chi connectivity index (χ4v) is 2.61. The Hall–Kier alpha value is -0.820. The first kappa shape index (κ1) is 11.7. The summed E-state index contributed by atoms with van der Waals surface area (Å²) in [6.07, 6.45) is 8.21. The van der Waals surface area contributed by atoms with Crippen molar-refractivity contribution in [2.24, 2.45) is 0 Å². The molecule has 1 aliphatic rings. The number of hydrogen-bond donors (Lipinski definition) is 1. The Morgan fingerprint density at radius 1 is 1.12 bits per heavy atom. The SMILES string of the molecule is Cc1ccccc1CCNC1CCCCC1. The average Bonchev–Trinajstić information content (AvgIpc) is 2.33. The lowest BCUT2D eigenvalue weighted by molar-refractivity contribution is 0.375. The molecule has 1 N–H and O–H groups in total. The minimum absolute atomic E-state index is 0.790. The van der Waals surface area contributed by atoms with E-state index < -0.39 is 0 Å². The van der Waals surface area contributed by atoms with Crippen molar-refractivity contribution in [2.75, 3.05) is 6.54 Å². The molecule has 1 nitrogen and oxygen atoms in total. The van der Waals surface area contributed by atoms with E-state index in [1.165, 1.54) is 49.7 Å². The fraction of sp³-hybridized carbons (Fsp3) is 0.600. The van der Waals surface area contributed by atoms with Gasteiger partial charge in [0.1, 0.15) is 0 Å². The monoisotopic (exact) mass is 217 g/mol. The third-order valence-electron chi connectivity index (χ3n) is 3.69. The molecule has 88 valence electrons. The Kier molecular flexibility index (Phi) is 4.41. The Balaban J connectivity index is 1.73. The van der Waals surface area contributed by atoms with Crippen molar-refractivity contribution in [3.05, 3.63) is 35.4 Å². The van der Waals surface area contributed by atoms with Crippen molar-refractivity contribution in [1.82, 2.24) is 5.32 Å². The summed E-state index contributed by atoms with van der Waals surface area (Å²) in [6, 6.07) is 9.50. The quantitative estimate of drug-likeness (QED) is 0.814. The van der Waals surface area contributed by atoms with E-state index in [1.807, 2.05) is 0 Å². The molecule has 0 atom stereocenters.